The molecule has 0 amide bonds. The number of ketones is 2. The molecule has 182 valence electrons. The summed E-state index contributed by atoms with van der Waals surface area (Å²) in [5, 5.41) is 1.89. The molecule has 1 aliphatic carbocycles. The number of carbonyl (C=O) groups excluding carboxylic acids is 2. The van der Waals surface area contributed by atoms with E-state index < -0.39 is 0 Å². The molecule has 1 aliphatic rings. The molecule has 0 atom stereocenters. The van der Waals surface area contributed by atoms with Gasteiger partial charge in [-0.15, -0.1) is 0 Å². The summed E-state index contributed by atoms with van der Waals surface area (Å²) in [5.74, 6) is 0.0845. The van der Waals surface area contributed by atoms with Crippen LogP contribution in [-0.2, 0) is 13.6 Å². The van der Waals surface area contributed by atoms with E-state index in [1.807, 2.05) is 79.8 Å². The third-order valence-electron chi connectivity index (χ3n) is 7.36. The van der Waals surface area contributed by atoms with Crippen molar-refractivity contribution >= 4 is 39.6 Å². The third kappa shape index (κ3) is 3.44. The van der Waals surface area contributed by atoms with Crippen LogP contribution in [0.4, 0.5) is 0 Å². The predicted octanol–water partition coefficient (Wildman–Crippen LogP) is 6.71. The van der Waals surface area contributed by atoms with Crippen LogP contribution in [0.5, 0.6) is 0 Å². The van der Waals surface area contributed by atoms with Gasteiger partial charge < -0.3 is 9.13 Å². The molecular formula is C33H23N3O2. The number of carbonyl (C=O) groups is 2. The Morgan fingerprint density at radius 1 is 0.737 bits per heavy atom. The van der Waals surface area contributed by atoms with Crippen LogP contribution in [0.25, 0.3) is 39.3 Å². The van der Waals surface area contributed by atoms with Gasteiger partial charge in [-0.05, 0) is 46.2 Å². The average Bonchev–Trinajstić information content (AvgIpc) is 3.54. The summed E-state index contributed by atoms with van der Waals surface area (Å²) in [6.45, 7) is 0.563. The Labute approximate surface area is 219 Å². The first kappa shape index (κ1) is 22.2. The van der Waals surface area contributed by atoms with Gasteiger partial charge in [0, 0.05) is 24.7 Å². The Morgan fingerprint density at radius 3 is 1.95 bits per heavy atom. The topological polar surface area (TPSA) is 56.9 Å². The molecule has 0 bridgehead atoms. The highest BCUT2D eigenvalue weighted by molar-refractivity contribution is 6.42. The fourth-order valence-electron chi connectivity index (χ4n) is 5.40. The Balaban J connectivity index is 1.39. The van der Waals surface area contributed by atoms with Gasteiger partial charge in [-0.1, -0.05) is 84.9 Å². The zero-order chi connectivity index (χ0) is 25.8. The highest BCUT2D eigenvalue weighted by atomic mass is 16.2. The second kappa shape index (κ2) is 8.53. The summed E-state index contributed by atoms with van der Waals surface area (Å²) >= 11 is 0. The summed E-state index contributed by atoms with van der Waals surface area (Å²) < 4.78 is 4.15. The summed E-state index contributed by atoms with van der Waals surface area (Å²) in [6.07, 6.45) is 1.67. The highest BCUT2D eigenvalue weighted by Crippen LogP contribution is 2.33. The van der Waals surface area contributed by atoms with Crippen molar-refractivity contribution < 1.29 is 9.59 Å². The lowest BCUT2D eigenvalue weighted by Gasteiger charge is -2.07. The number of hydrogen-bond acceptors (Lipinski definition) is 3. The van der Waals surface area contributed by atoms with Crippen LogP contribution in [0.15, 0.2) is 109 Å². The quantitative estimate of drug-likeness (QED) is 0.203. The van der Waals surface area contributed by atoms with Crippen LogP contribution in [0.1, 0.15) is 32.1 Å². The van der Waals surface area contributed by atoms with Crippen molar-refractivity contribution in [3.05, 3.63) is 131 Å². The van der Waals surface area contributed by atoms with E-state index in [9.17, 15) is 9.59 Å². The molecule has 4 aromatic carbocycles. The van der Waals surface area contributed by atoms with Gasteiger partial charge in [0.2, 0.25) is 0 Å². The minimum atomic E-state index is -0.251. The van der Waals surface area contributed by atoms with E-state index in [0.717, 1.165) is 38.8 Å². The number of aromatic nitrogens is 3. The Morgan fingerprint density at radius 2 is 1.32 bits per heavy atom. The van der Waals surface area contributed by atoms with Gasteiger partial charge in [-0.3, -0.25) is 9.59 Å². The van der Waals surface area contributed by atoms with Crippen LogP contribution >= 0.6 is 0 Å². The molecule has 6 aromatic rings. The normalized spacial score (nSPS) is 13.0. The molecule has 0 fully saturated rings. The molecule has 0 unspecified atom stereocenters. The summed E-state index contributed by atoms with van der Waals surface area (Å²) in [4.78, 5) is 31.9. The van der Waals surface area contributed by atoms with Crippen LogP contribution in [0.2, 0.25) is 0 Å². The molecule has 7 rings (SSSR count). The fourth-order valence-corrected chi connectivity index (χ4v) is 5.40. The van der Waals surface area contributed by atoms with Crippen molar-refractivity contribution in [1.29, 1.82) is 0 Å². The van der Waals surface area contributed by atoms with Gasteiger partial charge in [0.25, 0.3) is 0 Å². The SMILES string of the molecule is Cn1c(-c2ccccc2)cc2c1nc(C=C1C(=O)c3cc4ccccc4cc3C1=O)n2Cc1ccccc1. The second-order valence-electron chi connectivity index (χ2n) is 9.67. The molecule has 0 N–H and O–H groups in total. The molecule has 2 heterocycles. The van der Waals surface area contributed by atoms with Gasteiger partial charge >= 0.3 is 0 Å². The Bertz CT molecular complexity index is 1870. The number of nitrogens with zero attached hydrogens (tertiary/aromatic N) is 3. The minimum Gasteiger partial charge on any atom is -0.327 e. The average molecular weight is 494 g/mol. The van der Waals surface area contributed by atoms with E-state index in [1.165, 1.54) is 0 Å². The minimum absolute atomic E-state index is 0.156. The third-order valence-corrected chi connectivity index (χ3v) is 7.36. The number of fused-ring (bicyclic) bond motifs is 3. The van der Waals surface area contributed by atoms with Gasteiger partial charge in [0.1, 0.15) is 5.82 Å². The monoisotopic (exact) mass is 493 g/mol. The number of rotatable bonds is 4. The molecule has 0 saturated carbocycles. The highest BCUT2D eigenvalue weighted by Gasteiger charge is 2.34. The Kier molecular flexibility index (Phi) is 4.98. The van der Waals surface area contributed by atoms with Crippen molar-refractivity contribution in [3.63, 3.8) is 0 Å². The maximum atomic E-state index is 13.5. The number of hydrogen-bond donors (Lipinski definition) is 0. The second-order valence-corrected chi connectivity index (χ2v) is 9.67. The first-order valence-corrected chi connectivity index (χ1v) is 12.6. The molecule has 5 heteroatoms. The lowest BCUT2D eigenvalue weighted by molar-refractivity contribution is 0.0990. The molecular weight excluding hydrogens is 470 g/mol. The fraction of sp³-hybridized carbons (Fsp3) is 0.0606. The first-order valence-electron chi connectivity index (χ1n) is 12.6. The van der Waals surface area contributed by atoms with E-state index in [1.54, 1.807) is 6.08 Å². The van der Waals surface area contributed by atoms with Crippen LogP contribution in [0, 0.1) is 0 Å². The zero-order valence-corrected chi connectivity index (χ0v) is 20.8. The number of imidazole rings is 1. The van der Waals surface area contributed by atoms with Gasteiger partial charge in [0.05, 0.1) is 16.8 Å². The van der Waals surface area contributed by atoms with E-state index in [-0.39, 0.29) is 17.1 Å². The number of benzene rings is 4. The van der Waals surface area contributed by atoms with Crippen LogP contribution in [-0.4, -0.2) is 25.7 Å². The van der Waals surface area contributed by atoms with E-state index in [2.05, 4.69) is 39.5 Å². The lowest BCUT2D eigenvalue weighted by atomic mass is 10.0. The van der Waals surface area contributed by atoms with Gasteiger partial charge in [-0.25, -0.2) is 4.98 Å². The molecule has 0 aliphatic heterocycles. The van der Waals surface area contributed by atoms with Crippen LogP contribution < -0.4 is 0 Å². The zero-order valence-electron chi connectivity index (χ0n) is 20.8. The van der Waals surface area contributed by atoms with Crippen molar-refractivity contribution in [2.75, 3.05) is 0 Å². The summed E-state index contributed by atoms with van der Waals surface area (Å²) in [6, 6.07) is 33.9. The van der Waals surface area contributed by atoms with Crippen molar-refractivity contribution in [2.45, 2.75) is 6.54 Å². The van der Waals surface area contributed by atoms with Gasteiger partial charge in [0.15, 0.2) is 17.2 Å². The maximum Gasteiger partial charge on any atom is 0.197 e. The number of allylic oxidation sites excluding steroid dienone is 1. The number of Topliss-reactive ketones (excluding diaryl/α,β-unsaturated/α-hetero) is 2. The van der Waals surface area contributed by atoms with Gasteiger partial charge in [-0.2, -0.15) is 0 Å². The van der Waals surface area contributed by atoms with E-state index in [0.29, 0.717) is 23.5 Å². The molecule has 2 aromatic heterocycles. The predicted molar refractivity (Wildman–Crippen MR) is 150 cm³/mol. The van der Waals surface area contributed by atoms with Crippen molar-refractivity contribution in [1.82, 2.24) is 14.1 Å². The lowest BCUT2D eigenvalue weighted by Crippen LogP contribution is -2.06. The first-order chi connectivity index (χ1) is 18.6. The van der Waals surface area contributed by atoms with Crippen LogP contribution in [0.3, 0.4) is 0 Å². The molecule has 5 nitrogen and oxygen atoms in total. The molecule has 38 heavy (non-hydrogen) atoms. The smallest absolute Gasteiger partial charge is 0.197 e. The van der Waals surface area contributed by atoms with E-state index in [4.69, 9.17) is 4.98 Å². The van der Waals surface area contributed by atoms with Crippen molar-refractivity contribution in [2.24, 2.45) is 7.05 Å². The van der Waals surface area contributed by atoms with E-state index >= 15 is 0 Å². The van der Waals surface area contributed by atoms with Crippen molar-refractivity contribution in [3.8, 4) is 11.3 Å². The number of aryl methyl sites for hydroxylation is 1. The standard InChI is InChI=1S/C33H23N3O2/c1-35-28(22-12-6-3-7-13-22)19-29-33(35)34-30(36(29)20-21-10-4-2-5-11-21)18-27-31(37)25-16-23-14-8-9-15-24(23)17-26(25)32(27)38/h2-19H,20H2,1H3. The Hall–Kier alpha value is -5.03. The summed E-state index contributed by atoms with van der Waals surface area (Å²) in [7, 11) is 1.99. The molecule has 0 saturated heterocycles. The molecule has 0 spiro atoms. The maximum absolute atomic E-state index is 13.5. The summed E-state index contributed by atoms with van der Waals surface area (Å²) in [5.41, 5.74) is 6.07. The largest absolute Gasteiger partial charge is 0.327 e. The molecule has 0 radical (unpaired) electrons.